The highest BCUT2D eigenvalue weighted by molar-refractivity contribution is 7.20. The van der Waals surface area contributed by atoms with Crippen molar-refractivity contribution in [1.29, 1.82) is 0 Å². The molecule has 0 saturated carbocycles. The minimum absolute atomic E-state index is 0.288. The second kappa shape index (κ2) is 4.81. The molecule has 0 spiro atoms. The maximum Gasteiger partial charge on any atom is 0.346 e. The third kappa shape index (κ3) is 2.23. The molecule has 21 heavy (non-hydrogen) atoms. The summed E-state index contributed by atoms with van der Waals surface area (Å²) in [6.07, 6.45) is 3.28. The topological polar surface area (TPSA) is 92.9 Å². The smallest absolute Gasteiger partial charge is 0.346 e. The Morgan fingerprint density at radius 1 is 1.38 bits per heavy atom. The van der Waals surface area contributed by atoms with Crippen molar-refractivity contribution in [3.05, 3.63) is 28.7 Å². The van der Waals surface area contributed by atoms with Gasteiger partial charge in [-0.05, 0) is 19.4 Å². The summed E-state index contributed by atoms with van der Waals surface area (Å²) in [5, 5.41) is 17.4. The predicted molar refractivity (Wildman–Crippen MR) is 80.3 cm³/mol. The number of carboxylic acid groups (broad SMARTS) is 1. The highest BCUT2D eigenvalue weighted by Crippen LogP contribution is 2.34. The molecule has 3 heterocycles. The van der Waals surface area contributed by atoms with E-state index in [-0.39, 0.29) is 4.88 Å². The van der Waals surface area contributed by atoms with Gasteiger partial charge in [0, 0.05) is 13.2 Å². The van der Waals surface area contributed by atoms with Crippen molar-refractivity contribution in [3.8, 4) is 0 Å². The number of carbonyl (C=O) groups is 1. The molecule has 8 heteroatoms. The first-order valence-electron chi connectivity index (χ1n) is 6.22. The zero-order valence-corrected chi connectivity index (χ0v) is 12.5. The number of rotatable bonds is 3. The molecule has 0 saturated heterocycles. The standard InChI is InChI=1S/C13H13N5O2S/c1-6-9-11(16-8-4-18(3)17-7(8)2)14-5-15-12(9)21-10(6)13(19)20/h4-5H,1-3H3,(H,19,20)(H,14,15,16). The first-order chi connectivity index (χ1) is 9.97. The number of aromatic carboxylic acids is 1. The maximum absolute atomic E-state index is 11.2. The molecule has 2 N–H and O–H groups in total. The monoisotopic (exact) mass is 303 g/mol. The van der Waals surface area contributed by atoms with Gasteiger partial charge < -0.3 is 10.4 Å². The number of fused-ring (bicyclic) bond motifs is 1. The summed E-state index contributed by atoms with van der Waals surface area (Å²) in [4.78, 5) is 20.6. The fourth-order valence-corrected chi connectivity index (χ4v) is 3.21. The van der Waals surface area contributed by atoms with Gasteiger partial charge in [0.2, 0.25) is 0 Å². The Bertz CT molecular complexity index is 852. The molecule has 108 valence electrons. The molecular formula is C13H13N5O2S. The summed E-state index contributed by atoms with van der Waals surface area (Å²) in [6, 6.07) is 0. The fourth-order valence-electron chi connectivity index (χ4n) is 2.22. The number of nitrogens with one attached hydrogen (secondary N) is 1. The van der Waals surface area contributed by atoms with Crippen LogP contribution >= 0.6 is 11.3 Å². The molecule has 0 radical (unpaired) electrons. The fraction of sp³-hybridized carbons (Fsp3) is 0.231. The summed E-state index contributed by atoms with van der Waals surface area (Å²) < 4.78 is 1.71. The van der Waals surface area contributed by atoms with E-state index in [9.17, 15) is 9.90 Å². The zero-order chi connectivity index (χ0) is 15.1. The van der Waals surface area contributed by atoms with Crippen LogP contribution in [0.25, 0.3) is 10.2 Å². The van der Waals surface area contributed by atoms with Gasteiger partial charge in [0.25, 0.3) is 0 Å². The van der Waals surface area contributed by atoms with Crippen molar-refractivity contribution in [2.45, 2.75) is 13.8 Å². The summed E-state index contributed by atoms with van der Waals surface area (Å²) in [5.41, 5.74) is 2.35. The number of aromatic nitrogens is 4. The Morgan fingerprint density at radius 3 is 2.76 bits per heavy atom. The Labute approximate surface area is 124 Å². The SMILES string of the molecule is Cc1nn(C)cc1Nc1ncnc2sc(C(=O)O)c(C)c12. The highest BCUT2D eigenvalue weighted by atomic mass is 32.1. The maximum atomic E-state index is 11.2. The predicted octanol–water partition coefficient (Wildman–Crippen LogP) is 2.48. The van der Waals surface area contributed by atoms with E-state index >= 15 is 0 Å². The molecule has 7 nitrogen and oxygen atoms in total. The molecule has 3 rings (SSSR count). The van der Waals surface area contributed by atoms with Crippen LogP contribution in [0.1, 0.15) is 20.9 Å². The van der Waals surface area contributed by atoms with Gasteiger partial charge in [-0.2, -0.15) is 5.10 Å². The summed E-state index contributed by atoms with van der Waals surface area (Å²) >= 11 is 1.15. The van der Waals surface area contributed by atoms with Crippen molar-refractivity contribution >= 4 is 39.0 Å². The zero-order valence-electron chi connectivity index (χ0n) is 11.7. The number of nitrogens with zero attached hydrogens (tertiary/aromatic N) is 4. The molecule has 3 aromatic heterocycles. The van der Waals surface area contributed by atoms with Crippen LogP contribution in [-0.2, 0) is 7.05 Å². The van der Waals surface area contributed by atoms with E-state index in [1.165, 1.54) is 6.33 Å². The third-order valence-corrected chi connectivity index (χ3v) is 4.38. The number of hydrogen-bond acceptors (Lipinski definition) is 6. The van der Waals surface area contributed by atoms with Crippen LogP contribution in [0.2, 0.25) is 0 Å². The van der Waals surface area contributed by atoms with Crippen molar-refractivity contribution in [1.82, 2.24) is 19.7 Å². The second-order valence-electron chi connectivity index (χ2n) is 4.69. The average Bonchev–Trinajstić information content (AvgIpc) is 2.91. The normalized spacial score (nSPS) is 11.0. The largest absolute Gasteiger partial charge is 0.477 e. The first kappa shape index (κ1) is 13.5. The number of aryl methyl sites for hydroxylation is 3. The Hall–Kier alpha value is -2.48. The number of carboxylic acids is 1. The van der Waals surface area contributed by atoms with Gasteiger partial charge in [0.15, 0.2) is 0 Å². The van der Waals surface area contributed by atoms with Gasteiger partial charge in [0.1, 0.15) is 21.9 Å². The van der Waals surface area contributed by atoms with Gasteiger partial charge >= 0.3 is 5.97 Å². The number of hydrogen-bond donors (Lipinski definition) is 2. The van der Waals surface area contributed by atoms with Gasteiger partial charge in [0.05, 0.1) is 16.8 Å². The first-order valence-corrected chi connectivity index (χ1v) is 7.03. The van der Waals surface area contributed by atoms with Gasteiger partial charge in [-0.1, -0.05) is 0 Å². The van der Waals surface area contributed by atoms with Crippen molar-refractivity contribution in [3.63, 3.8) is 0 Å². The lowest BCUT2D eigenvalue weighted by molar-refractivity contribution is 0.0701. The number of thiophene rings is 1. The highest BCUT2D eigenvalue weighted by Gasteiger charge is 2.19. The Kier molecular flexibility index (Phi) is 3.09. The Balaban J connectivity index is 2.14. The summed E-state index contributed by atoms with van der Waals surface area (Å²) in [6.45, 7) is 3.66. The van der Waals surface area contributed by atoms with Crippen LogP contribution in [0, 0.1) is 13.8 Å². The number of anilines is 2. The van der Waals surface area contributed by atoms with E-state index in [0.717, 1.165) is 28.1 Å². The van der Waals surface area contributed by atoms with E-state index in [1.54, 1.807) is 11.6 Å². The average molecular weight is 303 g/mol. The van der Waals surface area contributed by atoms with E-state index in [2.05, 4.69) is 20.4 Å². The van der Waals surface area contributed by atoms with Crippen molar-refractivity contribution in [2.24, 2.45) is 7.05 Å². The molecule has 0 aliphatic heterocycles. The lowest BCUT2D eigenvalue weighted by Crippen LogP contribution is -1.97. The van der Waals surface area contributed by atoms with Crippen LogP contribution in [0.3, 0.4) is 0 Å². The molecule has 0 aliphatic rings. The van der Waals surface area contributed by atoms with E-state index in [1.807, 2.05) is 20.2 Å². The molecule has 0 atom stereocenters. The van der Waals surface area contributed by atoms with E-state index in [4.69, 9.17) is 0 Å². The molecule has 0 fully saturated rings. The van der Waals surface area contributed by atoms with E-state index < -0.39 is 5.97 Å². The van der Waals surface area contributed by atoms with Crippen molar-refractivity contribution in [2.75, 3.05) is 5.32 Å². The van der Waals surface area contributed by atoms with Crippen LogP contribution in [0.5, 0.6) is 0 Å². The van der Waals surface area contributed by atoms with Gasteiger partial charge in [-0.25, -0.2) is 14.8 Å². The quantitative estimate of drug-likeness (QED) is 0.772. The molecule has 0 unspecified atom stereocenters. The minimum atomic E-state index is -0.945. The lowest BCUT2D eigenvalue weighted by atomic mass is 10.2. The van der Waals surface area contributed by atoms with Crippen LogP contribution < -0.4 is 5.32 Å². The molecular weight excluding hydrogens is 290 g/mol. The third-order valence-electron chi connectivity index (χ3n) is 3.19. The van der Waals surface area contributed by atoms with Crippen LogP contribution in [-0.4, -0.2) is 30.8 Å². The lowest BCUT2D eigenvalue weighted by Gasteiger charge is -2.05. The second-order valence-corrected chi connectivity index (χ2v) is 5.69. The molecule has 0 amide bonds. The Morgan fingerprint density at radius 2 is 2.14 bits per heavy atom. The van der Waals surface area contributed by atoms with Crippen LogP contribution in [0.4, 0.5) is 11.5 Å². The van der Waals surface area contributed by atoms with Gasteiger partial charge in [-0.15, -0.1) is 11.3 Å². The molecule has 0 aliphatic carbocycles. The summed E-state index contributed by atoms with van der Waals surface area (Å²) in [5.74, 6) is -0.351. The van der Waals surface area contributed by atoms with Crippen molar-refractivity contribution < 1.29 is 9.90 Å². The minimum Gasteiger partial charge on any atom is -0.477 e. The summed E-state index contributed by atoms with van der Waals surface area (Å²) in [7, 11) is 1.84. The molecule has 3 aromatic rings. The molecule has 0 bridgehead atoms. The van der Waals surface area contributed by atoms with Crippen LogP contribution in [0.15, 0.2) is 12.5 Å². The van der Waals surface area contributed by atoms with E-state index in [0.29, 0.717) is 16.2 Å². The molecule has 0 aromatic carbocycles. The van der Waals surface area contributed by atoms with Gasteiger partial charge in [-0.3, -0.25) is 4.68 Å².